The highest BCUT2D eigenvalue weighted by atomic mass is 35.5. The molecule has 0 saturated heterocycles. The highest BCUT2D eigenvalue weighted by Crippen LogP contribution is 2.12. The Morgan fingerprint density at radius 1 is 1.43 bits per heavy atom. The third kappa shape index (κ3) is 3.18. The first-order chi connectivity index (χ1) is 6.63. The number of aromatic nitrogens is 1. The van der Waals surface area contributed by atoms with Crippen LogP contribution in [-0.4, -0.2) is 18.6 Å². The topological polar surface area (TPSA) is 16.1 Å². The van der Waals surface area contributed by atoms with Crippen molar-refractivity contribution < 1.29 is 0 Å². The SMILES string of the molecule is CC(C)CN(C)c1cccc(CCl)n1. The molecule has 0 aliphatic rings. The van der Waals surface area contributed by atoms with Gasteiger partial charge in [0.15, 0.2) is 0 Å². The molecule has 0 atom stereocenters. The van der Waals surface area contributed by atoms with Crippen molar-refractivity contribution in [2.45, 2.75) is 19.7 Å². The summed E-state index contributed by atoms with van der Waals surface area (Å²) in [5.74, 6) is 2.11. The summed E-state index contributed by atoms with van der Waals surface area (Å²) < 4.78 is 0. The van der Waals surface area contributed by atoms with Gasteiger partial charge in [-0.1, -0.05) is 19.9 Å². The summed E-state index contributed by atoms with van der Waals surface area (Å²) in [5, 5.41) is 0. The van der Waals surface area contributed by atoms with Gasteiger partial charge in [0.05, 0.1) is 11.6 Å². The molecule has 0 bridgehead atoms. The van der Waals surface area contributed by atoms with Crippen molar-refractivity contribution in [3.05, 3.63) is 23.9 Å². The van der Waals surface area contributed by atoms with E-state index in [-0.39, 0.29) is 0 Å². The minimum atomic E-state index is 0.476. The van der Waals surface area contributed by atoms with E-state index in [2.05, 4.69) is 30.8 Å². The van der Waals surface area contributed by atoms with Crippen LogP contribution in [0.4, 0.5) is 5.82 Å². The lowest BCUT2D eigenvalue weighted by Crippen LogP contribution is -2.23. The first-order valence-corrected chi connectivity index (χ1v) is 5.40. The van der Waals surface area contributed by atoms with E-state index in [4.69, 9.17) is 11.6 Å². The van der Waals surface area contributed by atoms with E-state index in [0.717, 1.165) is 18.1 Å². The average Bonchev–Trinajstić information content (AvgIpc) is 2.17. The fourth-order valence-corrected chi connectivity index (χ4v) is 1.54. The van der Waals surface area contributed by atoms with Gasteiger partial charge >= 0.3 is 0 Å². The molecule has 3 heteroatoms. The Morgan fingerprint density at radius 2 is 2.14 bits per heavy atom. The Balaban J connectivity index is 2.73. The zero-order valence-electron chi connectivity index (χ0n) is 9.00. The van der Waals surface area contributed by atoms with E-state index in [1.807, 2.05) is 18.2 Å². The maximum Gasteiger partial charge on any atom is 0.128 e. The highest BCUT2D eigenvalue weighted by molar-refractivity contribution is 6.16. The van der Waals surface area contributed by atoms with Gasteiger partial charge in [-0.2, -0.15) is 0 Å². The molecule has 1 aromatic heterocycles. The van der Waals surface area contributed by atoms with Gasteiger partial charge in [0, 0.05) is 13.6 Å². The third-order valence-corrected chi connectivity index (χ3v) is 2.23. The Labute approximate surface area is 90.9 Å². The molecule has 0 amide bonds. The Bertz CT molecular complexity index is 286. The number of nitrogens with zero attached hydrogens (tertiary/aromatic N) is 2. The molecule has 14 heavy (non-hydrogen) atoms. The molecule has 1 rings (SSSR count). The van der Waals surface area contributed by atoms with Crippen molar-refractivity contribution >= 4 is 17.4 Å². The number of halogens is 1. The lowest BCUT2D eigenvalue weighted by atomic mass is 10.2. The maximum absolute atomic E-state index is 5.73. The van der Waals surface area contributed by atoms with Gasteiger partial charge in [-0.3, -0.25) is 0 Å². The summed E-state index contributed by atoms with van der Waals surface area (Å²) in [6, 6.07) is 5.95. The summed E-state index contributed by atoms with van der Waals surface area (Å²) in [5.41, 5.74) is 0.930. The van der Waals surface area contributed by atoms with Crippen LogP contribution in [0.3, 0.4) is 0 Å². The molecule has 0 fully saturated rings. The monoisotopic (exact) mass is 212 g/mol. The second-order valence-corrected chi connectivity index (χ2v) is 4.16. The van der Waals surface area contributed by atoms with Crippen LogP contribution in [0.25, 0.3) is 0 Å². The number of hydrogen-bond acceptors (Lipinski definition) is 2. The fraction of sp³-hybridized carbons (Fsp3) is 0.545. The molecular formula is C11H17ClN2. The zero-order chi connectivity index (χ0) is 10.6. The molecule has 2 nitrogen and oxygen atoms in total. The van der Waals surface area contributed by atoms with Crippen LogP contribution in [-0.2, 0) is 5.88 Å². The van der Waals surface area contributed by atoms with Crippen LogP contribution in [0.5, 0.6) is 0 Å². The standard InChI is InChI=1S/C11H17ClN2/c1-9(2)8-14(3)11-6-4-5-10(7-12)13-11/h4-6,9H,7-8H2,1-3H3. The lowest BCUT2D eigenvalue weighted by Gasteiger charge is -2.20. The van der Waals surface area contributed by atoms with Crippen LogP contribution >= 0.6 is 11.6 Å². The fourth-order valence-electron chi connectivity index (χ4n) is 1.40. The second kappa shape index (κ2) is 5.20. The number of alkyl halides is 1. The molecule has 0 aliphatic heterocycles. The van der Waals surface area contributed by atoms with E-state index in [1.54, 1.807) is 0 Å². The predicted octanol–water partition coefficient (Wildman–Crippen LogP) is 2.91. The number of rotatable bonds is 4. The van der Waals surface area contributed by atoms with Gasteiger partial charge in [-0.15, -0.1) is 11.6 Å². The normalized spacial score (nSPS) is 10.6. The summed E-state index contributed by atoms with van der Waals surface area (Å²) >= 11 is 5.73. The first-order valence-electron chi connectivity index (χ1n) is 4.86. The van der Waals surface area contributed by atoms with Crippen molar-refractivity contribution in [3.8, 4) is 0 Å². The molecule has 0 N–H and O–H groups in total. The summed E-state index contributed by atoms with van der Waals surface area (Å²) in [6.45, 7) is 5.41. The van der Waals surface area contributed by atoms with Crippen molar-refractivity contribution in [1.82, 2.24) is 4.98 Å². The lowest BCUT2D eigenvalue weighted by molar-refractivity contribution is 0.634. The molecule has 0 spiro atoms. The number of anilines is 1. The van der Waals surface area contributed by atoms with Gasteiger partial charge in [-0.25, -0.2) is 4.98 Å². The third-order valence-electron chi connectivity index (χ3n) is 1.96. The number of pyridine rings is 1. The molecular weight excluding hydrogens is 196 g/mol. The molecule has 0 saturated carbocycles. The van der Waals surface area contributed by atoms with Crippen LogP contribution in [0.1, 0.15) is 19.5 Å². The number of hydrogen-bond donors (Lipinski definition) is 0. The molecule has 0 radical (unpaired) electrons. The van der Waals surface area contributed by atoms with Crippen LogP contribution < -0.4 is 4.90 Å². The highest BCUT2D eigenvalue weighted by Gasteiger charge is 2.04. The van der Waals surface area contributed by atoms with Gasteiger partial charge in [0.25, 0.3) is 0 Å². The summed E-state index contributed by atoms with van der Waals surface area (Å²) in [7, 11) is 2.06. The molecule has 0 aromatic carbocycles. The van der Waals surface area contributed by atoms with Crippen LogP contribution in [0.15, 0.2) is 18.2 Å². The molecule has 0 aliphatic carbocycles. The average molecular weight is 213 g/mol. The van der Waals surface area contributed by atoms with Gasteiger partial charge < -0.3 is 4.90 Å². The largest absolute Gasteiger partial charge is 0.359 e. The summed E-state index contributed by atoms with van der Waals surface area (Å²) in [4.78, 5) is 6.59. The minimum absolute atomic E-state index is 0.476. The molecule has 1 aromatic rings. The van der Waals surface area contributed by atoms with E-state index in [9.17, 15) is 0 Å². The van der Waals surface area contributed by atoms with Crippen molar-refractivity contribution in [2.75, 3.05) is 18.5 Å². The van der Waals surface area contributed by atoms with Crippen LogP contribution in [0.2, 0.25) is 0 Å². The van der Waals surface area contributed by atoms with E-state index in [1.165, 1.54) is 0 Å². The summed E-state index contributed by atoms with van der Waals surface area (Å²) in [6.07, 6.45) is 0. The molecule has 1 heterocycles. The Kier molecular flexibility index (Phi) is 4.21. The maximum atomic E-state index is 5.73. The van der Waals surface area contributed by atoms with E-state index in [0.29, 0.717) is 11.8 Å². The Morgan fingerprint density at radius 3 is 2.71 bits per heavy atom. The predicted molar refractivity (Wildman–Crippen MR) is 61.9 cm³/mol. The van der Waals surface area contributed by atoms with Gasteiger partial charge in [0.2, 0.25) is 0 Å². The van der Waals surface area contributed by atoms with Crippen molar-refractivity contribution in [1.29, 1.82) is 0 Å². The molecule has 78 valence electrons. The zero-order valence-corrected chi connectivity index (χ0v) is 9.75. The van der Waals surface area contributed by atoms with Crippen molar-refractivity contribution in [3.63, 3.8) is 0 Å². The van der Waals surface area contributed by atoms with Gasteiger partial charge in [-0.05, 0) is 18.1 Å². The van der Waals surface area contributed by atoms with E-state index >= 15 is 0 Å². The second-order valence-electron chi connectivity index (χ2n) is 3.90. The minimum Gasteiger partial charge on any atom is -0.359 e. The van der Waals surface area contributed by atoms with Crippen LogP contribution in [0, 0.1) is 5.92 Å². The van der Waals surface area contributed by atoms with Crippen molar-refractivity contribution in [2.24, 2.45) is 5.92 Å². The molecule has 0 unspecified atom stereocenters. The van der Waals surface area contributed by atoms with E-state index < -0.39 is 0 Å². The first kappa shape index (κ1) is 11.3. The Hall–Kier alpha value is -0.760. The smallest absolute Gasteiger partial charge is 0.128 e. The van der Waals surface area contributed by atoms with Gasteiger partial charge in [0.1, 0.15) is 5.82 Å². The quantitative estimate of drug-likeness (QED) is 0.714.